The lowest BCUT2D eigenvalue weighted by atomic mass is 9.92. The Balaban J connectivity index is 1.34. The van der Waals surface area contributed by atoms with Gasteiger partial charge in [-0.3, -0.25) is 0 Å². The minimum absolute atomic E-state index is 0.203. The van der Waals surface area contributed by atoms with Crippen molar-refractivity contribution in [3.8, 4) is 11.5 Å². The molecule has 6 heteroatoms. The number of nitrogens with zero attached hydrogens (tertiary/aromatic N) is 1. The van der Waals surface area contributed by atoms with Crippen molar-refractivity contribution in [2.24, 2.45) is 0 Å². The van der Waals surface area contributed by atoms with Gasteiger partial charge in [0.2, 0.25) is 9.84 Å². The lowest BCUT2D eigenvalue weighted by Crippen LogP contribution is -2.44. The second kappa shape index (κ2) is 9.40. The third kappa shape index (κ3) is 4.81. The van der Waals surface area contributed by atoms with Crippen molar-refractivity contribution in [1.82, 2.24) is 4.90 Å². The maximum absolute atomic E-state index is 12.8. The Hall–Kier alpha value is -2.05. The van der Waals surface area contributed by atoms with E-state index in [0.717, 1.165) is 37.7 Å². The van der Waals surface area contributed by atoms with Crippen LogP contribution in [0.25, 0.3) is 0 Å². The van der Waals surface area contributed by atoms with Gasteiger partial charge in [-0.05, 0) is 74.2 Å². The highest BCUT2D eigenvalue weighted by Crippen LogP contribution is 2.28. The van der Waals surface area contributed by atoms with Crippen molar-refractivity contribution < 1.29 is 17.9 Å². The molecule has 0 amide bonds. The fraction of sp³-hybridized carbons (Fsp3) is 0.500. The van der Waals surface area contributed by atoms with Crippen LogP contribution in [-0.4, -0.2) is 45.7 Å². The Labute approximate surface area is 179 Å². The first-order chi connectivity index (χ1) is 14.6. The SMILES string of the molecule is COc1ccc(S(=O)(=O)c2ccc(OC3CCN(C4CCCCC4)CC3)cc2)cc1. The highest BCUT2D eigenvalue weighted by Gasteiger charge is 2.27. The molecule has 2 aromatic carbocycles. The highest BCUT2D eigenvalue weighted by atomic mass is 32.2. The molecule has 2 aromatic rings. The summed E-state index contributed by atoms with van der Waals surface area (Å²) in [4.78, 5) is 3.17. The lowest BCUT2D eigenvalue weighted by molar-refractivity contribution is 0.0630. The topological polar surface area (TPSA) is 55.8 Å². The van der Waals surface area contributed by atoms with Crippen LogP contribution in [0.5, 0.6) is 11.5 Å². The maximum atomic E-state index is 12.8. The van der Waals surface area contributed by atoms with Gasteiger partial charge < -0.3 is 14.4 Å². The smallest absolute Gasteiger partial charge is 0.206 e. The molecule has 1 heterocycles. The Bertz CT molecular complexity index is 911. The largest absolute Gasteiger partial charge is 0.497 e. The Morgan fingerprint density at radius 1 is 0.767 bits per heavy atom. The van der Waals surface area contributed by atoms with Gasteiger partial charge in [0, 0.05) is 19.1 Å². The van der Waals surface area contributed by atoms with Gasteiger partial charge in [0.15, 0.2) is 0 Å². The first kappa shape index (κ1) is 21.2. The lowest BCUT2D eigenvalue weighted by Gasteiger charge is -2.39. The van der Waals surface area contributed by atoms with Crippen LogP contribution in [-0.2, 0) is 9.84 Å². The van der Waals surface area contributed by atoms with Crippen molar-refractivity contribution in [2.75, 3.05) is 20.2 Å². The minimum Gasteiger partial charge on any atom is -0.497 e. The molecular weight excluding hydrogens is 398 g/mol. The summed E-state index contributed by atoms with van der Waals surface area (Å²) in [6.45, 7) is 2.19. The number of methoxy groups -OCH3 is 1. The summed E-state index contributed by atoms with van der Waals surface area (Å²) in [6.07, 6.45) is 9.07. The molecule has 1 aliphatic heterocycles. The summed E-state index contributed by atoms with van der Waals surface area (Å²) in [5, 5.41) is 0. The Morgan fingerprint density at radius 2 is 1.30 bits per heavy atom. The van der Waals surface area contributed by atoms with Crippen molar-refractivity contribution in [3.05, 3.63) is 48.5 Å². The number of hydrogen-bond donors (Lipinski definition) is 0. The van der Waals surface area contributed by atoms with Gasteiger partial charge >= 0.3 is 0 Å². The van der Waals surface area contributed by atoms with E-state index in [-0.39, 0.29) is 15.9 Å². The van der Waals surface area contributed by atoms with Crippen LogP contribution in [0.1, 0.15) is 44.9 Å². The molecule has 0 bridgehead atoms. The normalized spacial score (nSPS) is 19.5. The average Bonchev–Trinajstić information content (AvgIpc) is 2.80. The quantitative estimate of drug-likeness (QED) is 0.666. The standard InChI is InChI=1S/C24H31NO4S/c1-28-20-7-11-23(12-8-20)30(26,27)24-13-9-21(10-14-24)29-22-15-17-25(18-16-22)19-5-3-2-4-6-19/h7-14,19,22H,2-6,15-18H2,1H3. The van der Waals surface area contributed by atoms with Crippen LogP contribution in [0.2, 0.25) is 0 Å². The molecule has 2 aliphatic rings. The number of benzene rings is 2. The molecular formula is C24H31NO4S. The molecule has 2 fully saturated rings. The predicted molar refractivity (Wildman–Crippen MR) is 117 cm³/mol. The van der Waals surface area contributed by atoms with Gasteiger partial charge in [-0.2, -0.15) is 0 Å². The van der Waals surface area contributed by atoms with Crippen LogP contribution in [0.3, 0.4) is 0 Å². The molecule has 162 valence electrons. The number of hydrogen-bond acceptors (Lipinski definition) is 5. The summed E-state index contributed by atoms with van der Waals surface area (Å²) in [5.74, 6) is 1.37. The summed E-state index contributed by atoms with van der Waals surface area (Å²) in [5.41, 5.74) is 0. The number of sulfone groups is 1. The molecule has 0 atom stereocenters. The molecule has 1 saturated heterocycles. The molecule has 0 aromatic heterocycles. The van der Waals surface area contributed by atoms with Crippen LogP contribution in [0.15, 0.2) is 58.3 Å². The molecule has 0 spiro atoms. The molecule has 4 rings (SSSR count). The highest BCUT2D eigenvalue weighted by molar-refractivity contribution is 7.91. The molecule has 0 radical (unpaired) electrons. The fourth-order valence-electron chi connectivity index (χ4n) is 4.59. The molecule has 30 heavy (non-hydrogen) atoms. The first-order valence-corrected chi connectivity index (χ1v) is 12.4. The molecule has 0 N–H and O–H groups in total. The monoisotopic (exact) mass is 429 g/mol. The van der Waals surface area contributed by atoms with E-state index in [0.29, 0.717) is 5.75 Å². The predicted octanol–water partition coefficient (Wildman–Crippen LogP) is 4.70. The summed E-state index contributed by atoms with van der Waals surface area (Å²) in [6, 6.07) is 14.0. The zero-order valence-corrected chi connectivity index (χ0v) is 18.4. The van der Waals surface area contributed by atoms with Gasteiger partial charge in [-0.15, -0.1) is 0 Å². The van der Waals surface area contributed by atoms with Gasteiger partial charge in [0.1, 0.15) is 17.6 Å². The maximum Gasteiger partial charge on any atom is 0.206 e. The van der Waals surface area contributed by atoms with Crippen molar-refractivity contribution in [1.29, 1.82) is 0 Å². The van der Waals surface area contributed by atoms with Gasteiger partial charge in [0.05, 0.1) is 16.9 Å². The molecule has 1 aliphatic carbocycles. The van der Waals surface area contributed by atoms with E-state index < -0.39 is 9.84 Å². The van der Waals surface area contributed by atoms with E-state index >= 15 is 0 Å². The minimum atomic E-state index is -3.55. The van der Waals surface area contributed by atoms with Crippen molar-refractivity contribution in [2.45, 2.75) is 66.9 Å². The van der Waals surface area contributed by atoms with E-state index in [1.807, 2.05) is 0 Å². The van der Waals surface area contributed by atoms with Crippen LogP contribution in [0, 0.1) is 0 Å². The number of piperidine rings is 1. The van der Waals surface area contributed by atoms with Gasteiger partial charge in [0.25, 0.3) is 0 Å². The van der Waals surface area contributed by atoms with E-state index in [2.05, 4.69) is 4.90 Å². The Kier molecular flexibility index (Phi) is 6.64. The van der Waals surface area contributed by atoms with E-state index in [4.69, 9.17) is 9.47 Å². The number of ether oxygens (including phenoxy) is 2. The van der Waals surface area contributed by atoms with Crippen molar-refractivity contribution >= 4 is 9.84 Å². The van der Waals surface area contributed by atoms with E-state index in [1.165, 1.54) is 32.1 Å². The zero-order chi connectivity index (χ0) is 21.0. The first-order valence-electron chi connectivity index (χ1n) is 11.0. The van der Waals surface area contributed by atoms with E-state index in [9.17, 15) is 8.42 Å². The second-order valence-corrected chi connectivity index (χ2v) is 10.2. The van der Waals surface area contributed by atoms with Gasteiger partial charge in [-0.1, -0.05) is 19.3 Å². The summed E-state index contributed by atoms with van der Waals surface area (Å²) >= 11 is 0. The van der Waals surface area contributed by atoms with Crippen LogP contribution in [0.4, 0.5) is 0 Å². The molecule has 1 saturated carbocycles. The third-order valence-electron chi connectivity index (χ3n) is 6.37. The Morgan fingerprint density at radius 3 is 1.83 bits per heavy atom. The fourth-order valence-corrected chi connectivity index (χ4v) is 5.85. The molecule has 0 unspecified atom stereocenters. The summed E-state index contributed by atoms with van der Waals surface area (Å²) in [7, 11) is -1.99. The second-order valence-electron chi connectivity index (χ2n) is 8.30. The third-order valence-corrected chi connectivity index (χ3v) is 8.16. The van der Waals surface area contributed by atoms with Crippen LogP contribution < -0.4 is 9.47 Å². The van der Waals surface area contributed by atoms with Crippen LogP contribution >= 0.6 is 0 Å². The summed E-state index contributed by atoms with van der Waals surface area (Å²) < 4.78 is 36.9. The van der Waals surface area contributed by atoms with Gasteiger partial charge in [-0.25, -0.2) is 8.42 Å². The number of likely N-dealkylation sites (tertiary alicyclic amines) is 1. The zero-order valence-electron chi connectivity index (χ0n) is 17.6. The molecule has 5 nitrogen and oxygen atoms in total. The van der Waals surface area contributed by atoms with E-state index in [1.54, 1.807) is 55.6 Å². The number of rotatable bonds is 6. The van der Waals surface area contributed by atoms with Crippen molar-refractivity contribution in [3.63, 3.8) is 0 Å². The average molecular weight is 430 g/mol.